The minimum Gasteiger partial charge on any atom is -0.495 e. The molecule has 0 aliphatic carbocycles. The Morgan fingerprint density at radius 1 is 1.00 bits per heavy atom. The number of para-hydroxylation sites is 2. The molecule has 2 aromatic carbocycles. The molecule has 0 aliphatic rings. The summed E-state index contributed by atoms with van der Waals surface area (Å²) < 4.78 is 10.7. The summed E-state index contributed by atoms with van der Waals surface area (Å²) in [6, 6.07) is 19.8. The van der Waals surface area contributed by atoms with Crippen molar-refractivity contribution < 1.29 is 13.9 Å². The maximum absolute atomic E-state index is 12.4. The fourth-order valence-corrected chi connectivity index (χ4v) is 2.46. The van der Waals surface area contributed by atoms with Crippen LogP contribution in [0, 0.1) is 0 Å². The van der Waals surface area contributed by atoms with Gasteiger partial charge in [0.05, 0.1) is 19.1 Å². The van der Waals surface area contributed by atoms with Gasteiger partial charge in [0, 0.05) is 0 Å². The fourth-order valence-electron chi connectivity index (χ4n) is 2.46. The second-order valence-electron chi connectivity index (χ2n) is 5.16. The van der Waals surface area contributed by atoms with E-state index in [0.717, 1.165) is 5.56 Å². The van der Waals surface area contributed by atoms with Crippen LogP contribution in [0.1, 0.15) is 17.4 Å². The summed E-state index contributed by atoms with van der Waals surface area (Å²) in [4.78, 5) is 12.4. The summed E-state index contributed by atoms with van der Waals surface area (Å²) >= 11 is 0. The van der Waals surface area contributed by atoms with Crippen molar-refractivity contribution in [1.29, 1.82) is 0 Å². The largest absolute Gasteiger partial charge is 0.495 e. The number of carbonyl (C=O) groups excluding carboxylic acids is 1. The number of carbonyl (C=O) groups is 1. The number of rotatable bonds is 5. The van der Waals surface area contributed by atoms with Gasteiger partial charge in [0.2, 0.25) is 0 Å². The molecule has 0 saturated carbocycles. The molecule has 0 saturated heterocycles. The zero-order valence-electron chi connectivity index (χ0n) is 13.2. The Kier molecular flexibility index (Phi) is 4.81. The number of hydrogen-bond donors (Lipinski definition) is 2. The molecule has 1 heterocycles. The number of amides is 2. The first-order valence-electron chi connectivity index (χ1n) is 7.57. The highest BCUT2D eigenvalue weighted by Gasteiger charge is 2.19. The van der Waals surface area contributed by atoms with Crippen molar-refractivity contribution >= 4 is 11.7 Å². The van der Waals surface area contributed by atoms with Crippen LogP contribution in [0.15, 0.2) is 77.4 Å². The van der Waals surface area contributed by atoms with E-state index in [1.54, 1.807) is 31.6 Å². The third-order valence-corrected chi connectivity index (χ3v) is 3.59. The molecule has 0 bridgehead atoms. The number of urea groups is 1. The van der Waals surface area contributed by atoms with Crippen LogP contribution in [-0.2, 0) is 0 Å². The van der Waals surface area contributed by atoms with Crippen molar-refractivity contribution in [2.45, 2.75) is 6.04 Å². The van der Waals surface area contributed by atoms with Crippen molar-refractivity contribution in [2.24, 2.45) is 0 Å². The van der Waals surface area contributed by atoms with E-state index in [9.17, 15) is 4.79 Å². The Labute approximate surface area is 140 Å². The third kappa shape index (κ3) is 3.57. The molecular formula is C19H18N2O3. The van der Waals surface area contributed by atoms with E-state index in [0.29, 0.717) is 17.2 Å². The van der Waals surface area contributed by atoms with Crippen molar-refractivity contribution in [3.8, 4) is 5.75 Å². The fraction of sp³-hybridized carbons (Fsp3) is 0.105. The molecule has 5 heteroatoms. The summed E-state index contributed by atoms with van der Waals surface area (Å²) in [6.07, 6.45) is 1.59. The Bertz CT molecular complexity index is 785. The highest BCUT2D eigenvalue weighted by atomic mass is 16.5. The van der Waals surface area contributed by atoms with Gasteiger partial charge in [-0.05, 0) is 29.8 Å². The molecule has 1 atom stereocenters. The SMILES string of the molecule is COc1ccccc1NC(=O)NC(c1ccccc1)c1ccco1. The number of hydrogen-bond acceptors (Lipinski definition) is 3. The van der Waals surface area contributed by atoms with Gasteiger partial charge in [-0.2, -0.15) is 0 Å². The summed E-state index contributed by atoms with van der Waals surface area (Å²) in [6.45, 7) is 0. The van der Waals surface area contributed by atoms with Crippen LogP contribution in [-0.4, -0.2) is 13.1 Å². The van der Waals surface area contributed by atoms with E-state index in [-0.39, 0.29) is 12.1 Å². The van der Waals surface area contributed by atoms with Gasteiger partial charge in [0.1, 0.15) is 17.6 Å². The number of benzene rings is 2. The van der Waals surface area contributed by atoms with Crippen molar-refractivity contribution in [3.05, 3.63) is 84.3 Å². The second kappa shape index (κ2) is 7.37. The molecule has 122 valence electrons. The number of anilines is 1. The molecule has 2 amide bonds. The first kappa shape index (κ1) is 15.7. The first-order chi connectivity index (χ1) is 11.8. The van der Waals surface area contributed by atoms with E-state index >= 15 is 0 Å². The topological polar surface area (TPSA) is 63.5 Å². The van der Waals surface area contributed by atoms with E-state index < -0.39 is 0 Å². The molecule has 1 aromatic heterocycles. The number of ether oxygens (including phenoxy) is 1. The molecule has 0 aliphatic heterocycles. The molecule has 0 fully saturated rings. The lowest BCUT2D eigenvalue weighted by molar-refractivity contribution is 0.248. The number of furan rings is 1. The molecule has 3 aromatic rings. The normalized spacial score (nSPS) is 11.5. The van der Waals surface area contributed by atoms with Gasteiger partial charge in [-0.15, -0.1) is 0 Å². The van der Waals surface area contributed by atoms with Crippen LogP contribution in [0.5, 0.6) is 5.75 Å². The van der Waals surface area contributed by atoms with Gasteiger partial charge in [-0.1, -0.05) is 42.5 Å². The van der Waals surface area contributed by atoms with Crippen molar-refractivity contribution in [2.75, 3.05) is 12.4 Å². The minimum atomic E-state index is -0.379. The number of nitrogens with one attached hydrogen (secondary N) is 2. The molecule has 5 nitrogen and oxygen atoms in total. The second-order valence-corrected chi connectivity index (χ2v) is 5.16. The van der Waals surface area contributed by atoms with E-state index in [4.69, 9.17) is 9.15 Å². The summed E-state index contributed by atoms with van der Waals surface area (Å²) in [7, 11) is 1.56. The molecule has 1 unspecified atom stereocenters. The predicted octanol–water partition coefficient (Wildman–Crippen LogP) is 4.20. The molecule has 3 rings (SSSR count). The van der Waals surface area contributed by atoms with Crippen LogP contribution in [0.3, 0.4) is 0 Å². The summed E-state index contributed by atoms with van der Waals surface area (Å²) in [5.41, 5.74) is 1.53. The first-order valence-corrected chi connectivity index (χ1v) is 7.57. The average Bonchev–Trinajstić information content (AvgIpc) is 3.15. The highest BCUT2D eigenvalue weighted by molar-refractivity contribution is 5.91. The van der Waals surface area contributed by atoms with Crippen LogP contribution >= 0.6 is 0 Å². The standard InChI is InChI=1S/C19H18N2O3/c1-23-16-11-6-5-10-15(16)20-19(22)21-18(17-12-7-13-24-17)14-8-3-2-4-9-14/h2-13,18H,1H3,(H2,20,21,22). The lowest BCUT2D eigenvalue weighted by Crippen LogP contribution is -2.33. The Morgan fingerprint density at radius 3 is 2.46 bits per heavy atom. The van der Waals surface area contributed by atoms with Crippen molar-refractivity contribution in [1.82, 2.24) is 5.32 Å². The molecule has 24 heavy (non-hydrogen) atoms. The third-order valence-electron chi connectivity index (χ3n) is 3.59. The Hall–Kier alpha value is -3.21. The van der Waals surface area contributed by atoms with Gasteiger partial charge in [-0.25, -0.2) is 4.79 Å². The van der Waals surface area contributed by atoms with Crippen LogP contribution in [0.2, 0.25) is 0 Å². The van der Waals surface area contributed by atoms with Crippen LogP contribution < -0.4 is 15.4 Å². The lowest BCUT2D eigenvalue weighted by atomic mass is 10.1. The predicted molar refractivity (Wildman–Crippen MR) is 92.1 cm³/mol. The van der Waals surface area contributed by atoms with E-state index in [1.165, 1.54) is 0 Å². The van der Waals surface area contributed by atoms with Gasteiger partial charge in [0.15, 0.2) is 0 Å². The Morgan fingerprint density at radius 2 is 1.75 bits per heavy atom. The molecule has 0 radical (unpaired) electrons. The van der Waals surface area contributed by atoms with E-state index in [1.807, 2.05) is 48.5 Å². The van der Waals surface area contributed by atoms with Gasteiger partial charge in [0.25, 0.3) is 0 Å². The highest BCUT2D eigenvalue weighted by Crippen LogP contribution is 2.25. The summed E-state index contributed by atoms with van der Waals surface area (Å²) in [5.74, 6) is 1.26. The quantitative estimate of drug-likeness (QED) is 0.740. The monoisotopic (exact) mass is 322 g/mol. The zero-order valence-corrected chi connectivity index (χ0v) is 13.2. The number of methoxy groups -OCH3 is 1. The lowest BCUT2D eigenvalue weighted by Gasteiger charge is -2.18. The van der Waals surface area contributed by atoms with Crippen molar-refractivity contribution in [3.63, 3.8) is 0 Å². The molecular weight excluding hydrogens is 304 g/mol. The van der Waals surface area contributed by atoms with Crippen LogP contribution in [0.4, 0.5) is 10.5 Å². The van der Waals surface area contributed by atoms with Gasteiger partial charge < -0.3 is 19.8 Å². The van der Waals surface area contributed by atoms with Gasteiger partial charge in [-0.3, -0.25) is 0 Å². The maximum atomic E-state index is 12.4. The van der Waals surface area contributed by atoms with Gasteiger partial charge >= 0.3 is 6.03 Å². The Balaban J connectivity index is 1.79. The average molecular weight is 322 g/mol. The van der Waals surface area contributed by atoms with Crippen LogP contribution in [0.25, 0.3) is 0 Å². The smallest absolute Gasteiger partial charge is 0.320 e. The summed E-state index contributed by atoms with van der Waals surface area (Å²) in [5, 5.41) is 5.74. The molecule has 2 N–H and O–H groups in total. The zero-order chi connectivity index (χ0) is 16.8. The molecule has 0 spiro atoms. The maximum Gasteiger partial charge on any atom is 0.320 e. The minimum absolute atomic E-state index is 0.343. The van der Waals surface area contributed by atoms with E-state index in [2.05, 4.69) is 10.6 Å².